The SMILES string of the molecule is N[C@@H]1CC(C2CCCO2)Oc2ccc(F)cc21. The van der Waals surface area contributed by atoms with Crippen LogP contribution in [0.2, 0.25) is 0 Å². The minimum atomic E-state index is -0.265. The van der Waals surface area contributed by atoms with Crippen molar-refractivity contribution in [1.82, 2.24) is 0 Å². The topological polar surface area (TPSA) is 44.5 Å². The molecule has 2 aliphatic rings. The average molecular weight is 237 g/mol. The number of hydrogen-bond donors (Lipinski definition) is 1. The van der Waals surface area contributed by atoms with E-state index in [1.54, 1.807) is 6.07 Å². The zero-order chi connectivity index (χ0) is 11.8. The minimum absolute atomic E-state index is 0.00506. The zero-order valence-corrected chi connectivity index (χ0v) is 9.56. The van der Waals surface area contributed by atoms with Crippen molar-refractivity contribution < 1.29 is 13.9 Å². The first-order valence-electron chi connectivity index (χ1n) is 6.07. The predicted octanol–water partition coefficient (Wildman–Crippen LogP) is 2.16. The maximum absolute atomic E-state index is 13.1. The van der Waals surface area contributed by atoms with Crippen molar-refractivity contribution in [2.24, 2.45) is 5.73 Å². The first-order chi connectivity index (χ1) is 8.24. The standard InChI is InChI=1S/C13H16FNO2/c14-8-3-4-11-9(6-8)10(15)7-13(17-11)12-2-1-5-16-12/h3-4,6,10,12-13H,1-2,5,7,15H2/t10-,12?,13?/m1/s1. The van der Waals surface area contributed by atoms with Crippen LogP contribution in [0, 0.1) is 5.82 Å². The lowest BCUT2D eigenvalue weighted by Gasteiger charge is -2.33. The molecule has 0 aliphatic carbocycles. The van der Waals surface area contributed by atoms with Crippen LogP contribution in [0.1, 0.15) is 30.9 Å². The third-order valence-corrected chi connectivity index (χ3v) is 3.52. The third kappa shape index (κ3) is 2.03. The summed E-state index contributed by atoms with van der Waals surface area (Å²) in [6, 6.07) is 4.37. The van der Waals surface area contributed by atoms with Gasteiger partial charge >= 0.3 is 0 Å². The van der Waals surface area contributed by atoms with Crippen LogP contribution < -0.4 is 10.5 Å². The largest absolute Gasteiger partial charge is 0.487 e. The molecule has 17 heavy (non-hydrogen) atoms. The van der Waals surface area contributed by atoms with Gasteiger partial charge in [-0.1, -0.05) is 0 Å². The molecule has 3 nitrogen and oxygen atoms in total. The molecule has 1 aromatic rings. The number of nitrogens with two attached hydrogens (primary N) is 1. The smallest absolute Gasteiger partial charge is 0.127 e. The number of benzene rings is 1. The normalized spacial score (nSPS) is 32.0. The van der Waals surface area contributed by atoms with Gasteiger partial charge in [0.1, 0.15) is 17.7 Å². The Hall–Kier alpha value is -1.13. The maximum atomic E-state index is 13.1. The Morgan fingerprint density at radius 3 is 2.94 bits per heavy atom. The summed E-state index contributed by atoms with van der Waals surface area (Å²) < 4.78 is 24.6. The first-order valence-corrected chi connectivity index (χ1v) is 6.07. The van der Waals surface area contributed by atoms with Crippen LogP contribution in [0.4, 0.5) is 4.39 Å². The molecule has 2 N–H and O–H groups in total. The van der Waals surface area contributed by atoms with Gasteiger partial charge in [-0.05, 0) is 31.0 Å². The monoisotopic (exact) mass is 237 g/mol. The number of halogens is 1. The summed E-state index contributed by atoms with van der Waals surface area (Å²) >= 11 is 0. The summed E-state index contributed by atoms with van der Waals surface area (Å²) in [5.74, 6) is 0.434. The van der Waals surface area contributed by atoms with Crippen LogP contribution in [0.5, 0.6) is 5.75 Å². The van der Waals surface area contributed by atoms with E-state index < -0.39 is 0 Å². The van der Waals surface area contributed by atoms with E-state index in [-0.39, 0.29) is 24.1 Å². The maximum Gasteiger partial charge on any atom is 0.127 e. The Balaban J connectivity index is 1.84. The fourth-order valence-corrected chi connectivity index (χ4v) is 2.63. The fraction of sp³-hybridized carbons (Fsp3) is 0.538. The molecule has 2 unspecified atom stereocenters. The van der Waals surface area contributed by atoms with E-state index in [2.05, 4.69) is 0 Å². The molecule has 1 fully saturated rings. The molecule has 2 heterocycles. The highest BCUT2D eigenvalue weighted by molar-refractivity contribution is 5.38. The van der Waals surface area contributed by atoms with Crippen molar-refractivity contribution in [2.75, 3.05) is 6.61 Å². The lowest BCUT2D eigenvalue weighted by atomic mass is 9.94. The zero-order valence-electron chi connectivity index (χ0n) is 9.56. The summed E-state index contributed by atoms with van der Waals surface area (Å²) in [6.07, 6.45) is 2.94. The molecule has 1 aromatic carbocycles. The third-order valence-electron chi connectivity index (χ3n) is 3.52. The van der Waals surface area contributed by atoms with Gasteiger partial charge in [-0.25, -0.2) is 4.39 Å². The van der Waals surface area contributed by atoms with Gasteiger partial charge in [0, 0.05) is 24.6 Å². The van der Waals surface area contributed by atoms with Gasteiger partial charge in [-0.15, -0.1) is 0 Å². The molecule has 0 amide bonds. The Labute approximate surface area is 99.7 Å². The van der Waals surface area contributed by atoms with E-state index in [0.29, 0.717) is 12.2 Å². The van der Waals surface area contributed by atoms with Gasteiger partial charge in [0.15, 0.2) is 0 Å². The van der Waals surface area contributed by atoms with Crippen molar-refractivity contribution in [1.29, 1.82) is 0 Å². The Morgan fingerprint density at radius 1 is 1.29 bits per heavy atom. The average Bonchev–Trinajstić information content (AvgIpc) is 2.83. The Morgan fingerprint density at radius 2 is 2.18 bits per heavy atom. The van der Waals surface area contributed by atoms with Gasteiger partial charge in [0.2, 0.25) is 0 Å². The number of ether oxygens (including phenoxy) is 2. The highest BCUT2D eigenvalue weighted by Crippen LogP contribution is 2.36. The summed E-state index contributed by atoms with van der Waals surface area (Å²) in [5, 5.41) is 0. The second-order valence-corrected chi connectivity index (χ2v) is 4.73. The molecule has 0 aromatic heterocycles. The Bertz CT molecular complexity index is 418. The first kappa shape index (κ1) is 11.0. The van der Waals surface area contributed by atoms with E-state index in [4.69, 9.17) is 15.2 Å². The van der Waals surface area contributed by atoms with Crippen LogP contribution in [-0.4, -0.2) is 18.8 Å². The summed E-state index contributed by atoms with van der Waals surface area (Å²) in [4.78, 5) is 0. The molecule has 3 rings (SSSR count). The van der Waals surface area contributed by atoms with E-state index in [0.717, 1.165) is 25.0 Å². The molecule has 0 saturated carbocycles. The summed E-state index contributed by atoms with van der Waals surface area (Å²) in [5.41, 5.74) is 6.83. The van der Waals surface area contributed by atoms with Gasteiger partial charge < -0.3 is 15.2 Å². The minimum Gasteiger partial charge on any atom is -0.487 e. The van der Waals surface area contributed by atoms with Crippen molar-refractivity contribution in [3.8, 4) is 5.75 Å². The van der Waals surface area contributed by atoms with E-state index in [1.165, 1.54) is 12.1 Å². The van der Waals surface area contributed by atoms with Crippen molar-refractivity contribution in [2.45, 2.75) is 37.5 Å². The lowest BCUT2D eigenvalue weighted by molar-refractivity contribution is -0.00202. The van der Waals surface area contributed by atoms with Gasteiger partial charge in [-0.2, -0.15) is 0 Å². The van der Waals surface area contributed by atoms with Crippen molar-refractivity contribution in [3.05, 3.63) is 29.6 Å². The second-order valence-electron chi connectivity index (χ2n) is 4.73. The predicted molar refractivity (Wildman–Crippen MR) is 61.3 cm³/mol. The number of hydrogen-bond acceptors (Lipinski definition) is 3. The van der Waals surface area contributed by atoms with Crippen LogP contribution in [0.3, 0.4) is 0 Å². The van der Waals surface area contributed by atoms with Gasteiger partial charge in [0.05, 0.1) is 6.10 Å². The molecular formula is C13H16FNO2. The van der Waals surface area contributed by atoms with Crippen LogP contribution in [-0.2, 0) is 4.74 Å². The molecule has 0 spiro atoms. The highest BCUT2D eigenvalue weighted by atomic mass is 19.1. The van der Waals surface area contributed by atoms with Gasteiger partial charge in [0.25, 0.3) is 0 Å². The number of fused-ring (bicyclic) bond motifs is 1. The Kier molecular flexibility index (Phi) is 2.76. The van der Waals surface area contributed by atoms with E-state index >= 15 is 0 Å². The lowest BCUT2D eigenvalue weighted by Crippen LogP contribution is -2.38. The molecule has 0 radical (unpaired) electrons. The van der Waals surface area contributed by atoms with Crippen LogP contribution >= 0.6 is 0 Å². The van der Waals surface area contributed by atoms with Gasteiger partial charge in [-0.3, -0.25) is 0 Å². The molecule has 4 heteroatoms. The quantitative estimate of drug-likeness (QED) is 0.814. The van der Waals surface area contributed by atoms with E-state index in [9.17, 15) is 4.39 Å². The molecule has 3 atom stereocenters. The fourth-order valence-electron chi connectivity index (χ4n) is 2.63. The molecule has 92 valence electrons. The summed E-state index contributed by atoms with van der Waals surface area (Å²) in [7, 11) is 0. The molecule has 1 saturated heterocycles. The van der Waals surface area contributed by atoms with E-state index in [1.807, 2.05) is 0 Å². The molecular weight excluding hydrogens is 221 g/mol. The van der Waals surface area contributed by atoms with Crippen molar-refractivity contribution in [3.63, 3.8) is 0 Å². The molecule has 0 bridgehead atoms. The van der Waals surface area contributed by atoms with Crippen molar-refractivity contribution >= 4 is 0 Å². The summed E-state index contributed by atoms with van der Waals surface area (Å²) in [6.45, 7) is 0.802. The second kappa shape index (κ2) is 4.27. The molecule has 2 aliphatic heterocycles. The highest BCUT2D eigenvalue weighted by Gasteiger charge is 2.34. The number of rotatable bonds is 1. The van der Waals surface area contributed by atoms with Crippen LogP contribution in [0.15, 0.2) is 18.2 Å². The van der Waals surface area contributed by atoms with Crippen LogP contribution in [0.25, 0.3) is 0 Å².